The SMILES string of the molecule is NNc1cc(CCl)cc([N+](=O)[O-])c1. The number of anilines is 1. The van der Waals surface area contributed by atoms with Crippen LogP contribution in [-0.4, -0.2) is 4.92 Å². The molecule has 1 aromatic rings. The molecule has 0 aliphatic carbocycles. The number of hydrazine groups is 1. The minimum absolute atomic E-state index is 0.0221. The Bertz CT molecular complexity index is 307. The zero-order valence-corrected chi connectivity index (χ0v) is 7.41. The average Bonchev–Trinajstić information content (AvgIpc) is 2.16. The number of hydrogen-bond acceptors (Lipinski definition) is 4. The van der Waals surface area contributed by atoms with E-state index in [-0.39, 0.29) is 11.6 Å². The summed E-state index contributed by atoms with van der Waals surface area (Å²) in [5.41, 5.74) is 3.44. The van der Waals surface area contributed by atoms with Gasteiger partial charge in [0.05, 0.1) is 10.6 Å². The van der Waals surface area contributed by atoms with Crippen molar-refractivity contribution in [3.8, 4) is 0 Å². The van der Waals surface area contributed by atoms with Crippen molar-refractivity contribution in [2.45, 2.75) is 5.88 Å². The Morgan fingerprint density at radius 2 is 2.23 bits per heavy atom. The molecule has 0 aliphatic rings. The molecule has 0 fully saturated rings. The van der Waals surface area contributed by atoms with Gasteiger partial charge in [0.1, 0.15) is 0 Å². The second kappa shape index (κ2) is 4.06. The highest BCUT2D eigenvalue weighted by Crippen LogP contribution is 2.21. The summed E-state index contributed by atoms with van der Waals surface area (Å²) in [5, 5.41) is 10.4. The van der Waals surface area contributed by atoms with Gasteiger partial charge in [0, 0.05) is 18.0 Å². The largest absolute Gasteiger partial charge is 0.324 e. The number of nitrogens with one attached hydrogen (secondary N) is 1. The van der Waals surface area contributed by atoms with Gasteiger partial charge in [-0.3, -0.25) is 16.0 Å². The lowest BCUT2D eigenvalue weighted by Gasteiger charge is -2.02. The Balaban J connectivity index is 3.14. The number of nitro benzene ring substituents is 1. The molecule has 0 saturated heterocycles. The van der Waals surface area contributed by atoms with Crippen molar-refractivity contribution in [2.24, 2.45) is 5.84 Å². The maximum absolute atomic E-state index is 10.4. The van der Waals surface area contributed by atoms with Gasteiger partial charge in [-0.25, -0.2) is 0 Å². The highest BCUT2D eigenvalue weighted by Gasteiger charge is 2.08. The summed E-state index contributed by atoms with van der Waals surface area (Å²) in [6.45, 7) is 0. The first-order valence-electron chi connectivity index (χ1n) is 3.48. The summed E-state index contributed by atoms with van der Waals surface area (Å²) in [5.74, 6) is 5.35. The molecule has 3 N–H and O–H groups in total. The van der Waals surface area contributed by atoms with E-state index >= 15 is 0 Å². The van der Waals surface area contributed by atoms with Crippen molar-refractivity contribution < 1.29 is 4.92 Å². The first kappa shape index (κ1) is 9.76. The molecule has 5 nitrogen and oxygen atoms in total. The van der Waals surface area contributed by atoms with Crippen molar-refractivity contribution in [3.05, 3.63) is 33.9 Å². The van der Waals surface area contributed by atoms with Crippen LogP contribution in [0.1, 0.15) is 5.56 Å². The number of nitrogens with zero attached hydrogens (tertiary/aromatic N) is 1. The highest BCUT2D eigenvalue weighted by molar-refractivity contribution is 6.17. The number of benzene rings is 1. The average molecular weight is 202 g/mol. The second-order valence-corrected chi connectivity index (χ2v) is 2.69. The highest BCUT2D eigenvalue weighted by atomic mass is 35.5. The number of nitrogens with two attached hydrogens (primary N) is 1. The van der Waals surface area contributed by atoms with Gasteiger partial charge in [-0.1, -0.05) is 0 Å². The van der Waals surface area contributed by atoms with Gasteiger partial charge in [0.2, 0.25) is 0 Å². The monoisotopic (exact) mass is 201 g/mol. The molecule has 6 heteroatoms. The molecule has 1 aromatic carbocycles. The molecule has 0 unspecified atom stereocenters. The maximum atomic E-state index is 10.4. The molecule has 0 bridgehead atoms. The third-order valence-electron chi connectivity index (χ3n) is 1.51. The lowest BCUT2D eigenvalue weighted by Crippen LogP contribution is -2.07. The van der Waals surface area contributed by atoms with Crippen LogP contribution in [0.5, 0.6) is 0 Å². The van der Waals surface area contributed by atoms with Crippen molar-refractivity contribution in [2.75, 3.05) is 5.43 Å². The van der Waals surface area contributed by atoms with E-state index < -0.39 is 4.92 Å². The number of alkyl halides is 1. The fourth-order valence-electron chi connectivity index (χ4n) is 0.940. The summed E-state index contributed by atoms with van der Waals surface area (Å²) < 4.78 is 0. The molecule has 1 rings (SSSR count). The van der Waals surface area contributed by atoms with Crippen LogP contribution in [0.25, 0.3) is 0 Å². The van der Waals surface area contributed by atoms with Crippen LogP contribution < -0.4 is 11.3 Å². The van der Waals surface area contributed by atoms with Crippen molar-refractivity contribution >= 4 is 23.0 Å². The van der Waals surface area contributed by atoms with Gasteiger partial charge in [0.15, 0.2) is 0 Å². The number of halogens is 1. The number of nitrogen functional groups attached to an aromatic ring is 1. The molecule has 13 heavy (non-hydrogen) atoms. The standard InChI is InChI=1S/C7H8ClN3O2/c8-4-5-1-6(10-9)3-7(2-5)11(12)13/h1-3,10H,4,9H2. The first-order chi connectivity index (χ1) is 6.17. The zero-order chi connectivity index (χ0) is 9.84. The van der Waals surface area contributed by atoms with Crippen LogP contribution in [0.15, 0.2) is 18.2 Å². The third-order valence-corrected chi connectivity index (χ3v) is 1.82. The number of hydrogen-bond donors (Lipinski definition) is 2. The molecule has 0 spiro atoms. The van der Waals surface area contributed by atoms with Crippen molar-refractivity contribution in [1.29, 1.82) is 0 Å². The molecule has 0 saturated carbocycles. The number of non-ortho nitro benzene ring substituents is 1. The molecule has 0 atom stereocenters. The Morgan fingerprint density at radius 1 is 1.54 bits per heavy atom. The van der Waals surface area contributed by atoms with Crippen LogP contribution in [-0.2, 0) is 5.88 Å². The summed E-state index contributed by atoms with van der Waals surface area (Å²) in [7, 11) is 0. The topological polar surface area (TPSA) is 81.2 Å². The van der Waals surface area contributed by atoms with Gasteiger partial charge in [0.25, 0.3) is 5.69 Å². The molecule has 70 valence electrons. The third kappa shape index (κ3) is 2.30. The maximum Gasteiger partial charge on any atom is 0.271 e. The Hall–Kier alpha value is -1.33. The van der Waals surface area contributed by atoms with Crippen LogP contribution in [0.2, 0.25) is 0 Å². The van der Waals surface area contributed by atoms with E-state index in [1.54, 1.807) is 6.07 Å². The fourth-order valence-corrected chi connectivity index (χ4v) is 1.09. The van der Waals surface area contributed by atoms with Crippen LogP contribution in [0.4, 0.5) is 11.4 Å². The molecule has 0 aromatic heterocycles. The molecule has 0 heterocycles. The summed E-state index contributed by atoms with van der Waals surface area (Å²) in [6, 6.07) is 4.41. The smallest absolute Gasteiger partial charge is 0.271 e. The molecular weight excluding hydrogens is 194 g/mol. The van der Waals surface area contributed by atoms with E-state index in [4.69, 9.17) is 17.4 Å². The van der Waals surface area contributed by atoms with Crippen LogP contribution in [0, 0.1) is 10.1 Å². The van der Waals surface area contributed by atoms with E-state index in [1.165, 1.54) is 12.1 Å². The van der Waals surface area contributed by atoms with Gasteiger partial charge >= 0.3 is 0 Å². The zero-order valence-electron chi connectivity index (χ0n) is 6.66. The molecule has 0 aliphatic heterocycles. The minimum Gasteiger partial charge on any atom is -0.324 e. The number of nitro groups is 1. The van der Waals surface area contributed by atoms with Gasteiger partial charge in [-0.05, 0) is 11.6 Å². The Kier molecular flexibility index (Phi) is 3.05. The van der Waals surface area contributed by atoms with Gasteiger partial charge in [-0.2, -0.15) is 0 Å². The minimum atomic E-state index is -0.489. The quantitative estimate of drug-likeness (QED) is 0.337. The Morgan fingerprint density at radius 3 is 2.69 bits per heavy atom. The lowest BCUT2D eigenvalue weighted by atomic mass is 10.2. The van der Waals surface area contributed by atoms with E-state index in [2.05, 4.69) is 5.43 Å². The first-order valence-corrected chi connectivity index (χ1v) is 4.01. The van der Waals surface area contributed by atoms with E-state index in [1.807, 2.05) is 0 Å². The fraction of sp³-hybridized carbons (Fsp3) is 0.143. The number of rotatable bonds is 3. The Labute approximate surface area is 79.6 Å². The van der Waals surface area contributed by atoms with E-state index in [0.29, 0.717) is 11.3 Å². The van der Waals surface area contributed by atoms with Crippen molar-refractivity contribution in [3.63, 3.8) is 0 Å². The second-order valence-electron chi connectivity index (χ2n) is 2.42. The summed E-state index contributed by atoms with van der Waals surface area (Å²) in [4.78, 5) is 9.94. The summed E-state index contributed by atoms with van der Waals surface area (Å²) in [6.07, 6.45) is 0. The van der Waals surface area contributed by atoms with E-state index in [0.717, 1.165) is 0 Å². The molecule has 0 radical (unpaired) electrons. The predicted octanol–water partition coefficient (Wildman–Crippen LogP) is 1.62. The normalized spacial score (nSPS) is 9.69. The predicted molar refractivity (Wildman–Crippen MR) is 50.5 cm³/mol. The molecule has 0 amide bonds. The van der Waals surface area contributed by atoms with E-state index in [9.17, 15) is 10.1 Å². The van der Waals surface area contributed by atoms with Gasteiger partial charge in [-0.15, -0.1) is 11.6 Å². The van der Waals surface area contributed by atoms with Crippen LogP contribution >= 0.6 is 11.6 Å². The van der Waals surface area contributed by atoms with Crippen LogP contribution in [0.3, 0.4) is 0 Å². The van der Waals surface area contributed by atoms with Gasteiger partial charge < -0.3 is 5.43 Å². The molecular formula is C7H8ClN3O2. The van der Waals surface area contributed by atoms with Crippen molar-refractivity contribution in [1.82, 2.24) is 0 Å². The summed E-state index contributed by atoms with van der Waals surface area (Å²) >= 11 is 5.54. The lowest BCUT2D eigenvalue weighted by molar-refractivity contribution is -0.384.